The van der Waals surface area contributed by atoms with Crippen molar-refractivity contribution in [2.24, 2.45) is 5.92 Å². The molecule has 11 nitrogen and oxygen atoms in total. The maximum Gasteiger partial charge on any atom is 0.318 e. The van der Waals surface area contributed by atoms with Crippen molar-refractivity contribution < 1.29 is 37.8 Å². The van der Waals surface area contributed by atoms with Crippen molar-refractivity contribution in [3.8, 4) is 0 Å². The van der Waals surface area contributed by atoms with Crippen molar-refractivity contribution >= 4 is 35.3 Å². The lowest BCUT2D eigenvalue weighted by Crippen LogP contribution is -2.49. The van der Waals surface area contributed by atoms with Crippen LogP contribution in [0.15, 0.2) is 42.5 Å². The first kappa shape index (κ1) is 29.2. The van der Waals surface area contributed by atoms with Crippen molar-refractivity contribution in [2.75, 3.05) is 32.7 Å². The number of urea groups is 1. The Morgan fingerprint density at radius 2 is 1.90 bits per heavy atom. The highest BCUT2D eigenvalue weighted by Gasteiger charge is 2.59. The first-order chi connectivity index (χ1) is 20.2. The third-order valence-corrected chi connectivity index (χ3v) is 8.27. The summed E-state index contributed by atoms with van der Waals surface area (Å²) in [5.74, 6) is -2.52. The molecule has 2 N–H and O–H groups in total. The second-order valence-electron chi connectivity index (χ2n) is 10.8. The van der Waals surface area contributed by atoms with Gasteiger partial charge in [-0.1, -0.05) is 24.6 Å². The first-order valence-corrected chi connectivity index (χ1v) is 13.9. The molecule has 1 heterocycles. The fourth-order valence-corrected chi connectivity index (χ4v) is 6.12. The van der Waals surface area contributed by atoms with Gasteiger partial charge in [-0.3, -0.25) is 19.2 Å². The predicted molar refractivity (Wildman–Crippen MR) is 147 cm³/mol. The van der Waals surface area contributed by atoms with E-state index in [9.17, 15) is 28.4 Å². The molecule has 3 atom stereocenters. The molecule has 2 aliphatic carbocycles. The summed E-state index contributed by atoms with van der Waals surface area (Å²) in [6.07, 6.45) is 2.39. The van der Waals surface area contributed by atoms with Gasteiger partial charge < -0.3 is 29.9 Å². The molecule has 0 bridgehead atoms. The standard InChI is InChI=1S/C30H33FN4O7/c1-32-29(40)33-22-10-11-24-20(12-22)14-25(36)30(24)28(39)34(17-42-30)16-26(37)35(15-18-6-8-21(31)9-7-18)23-5-3-4-19(13-23)27(38)41-2/h6-12,19,23H,3-5,13-17H2,1-2H3,(H2,32,33,40)/t19-,23+,30-/m1/s1. The monoisotopic (exact) mass is 580 g/mol. The topological polar surface area (TPSA) is 134 Å². The number of nitrogens with one attached hydrogen (secondary N) is 2. The first-order valence-electron chi connectivity index (χ1n) is 13.9. The number of ketones is 1. The lowest BCUT2D eigenvalue weighted by Gasteiger charge is -2.37. The molecule has 0 unspecified atom stereocenters. The number of fused-ring (bicyclic) bond motifs is 2. The van der Waals surface area contributed by atoms with E-state index >= 15 is 0 Å². The Morgan fingerprint density at radius 1 is 1.14 bits per heavy atom. The van der Waals surface area contributed by atoms with Crippen LogP contribution in [-0.4, -0.2) is 72.9 Å². The zero-order valence-electron chi connectivity index (χ0n) is 23.5. The van der Waals surface area contributed by atoms with Crippen LogP contribution < -0.4 is 10.6 Å². The number of Topliss-reactive ketones (excluding diaryl/α,β-unsaturated/α-hetero) is 1. The largest absolute Gasteiger partial charge is 0.469 e. The maximum absolute atomic E-state index is 13.8. The van der Waals surface area contributed by atoms with E-state index in [2.05, 4.69) is 10.6 Å². The van der Waals surface area contributed by atoms with Gasteiger partial charge in [-0.2, -0.15) is 0 Å². The van der Waals surface area contributed by atoms with E-state index in [1.807, 2.05) is 0 Å². The molecule has 1 aliphatic heterocycles. The molecule has 42 heavy (non-hydrogen) atoms. The van der Waals surface area contributed by atoms with Crippen molar-refractivity contribution in [1.29, 1.82) is 0 Å². The highest BCUT2D eigenvalue weighted by atomic mass is 19.1. The van der Waals surface area contributed by atoms with Crippen LogP contribution in [0.25, 0.3) is 0 Å². The quantitative estimate of drug-likeness (QED) is 0.380. The Bertz CT molecular complexity index is 1410. The molecule has 5 rings (SSSR count). The molecule has 2 fully saturated rings. The molecule has 222 valence electrons. The van der Waals surface area contributed by atoms with Crippen LogP contribution in [0, 0.1) is 11.7 Å². The molecular formula is C30H33FN4O7. The average molecular weight is 581 g/mol. The summed E-state index contributed by atoms with van der Waals surface area (Å²) in [5.41, 5.74) is 0.274. The zero-order valence-corrected chi connectivity index (χ0v) is 23.5. The molecule has 0 radical (unpaired) electrons. The maximum atomic E-state index is 13.8. The van der Waals surface area contributed by atoms with Crippen molar-refractivity contribution in [3.05, 3.63) is 65.0 Å². The smallest absolute Gasteiger partial charge is 0.318 e. The number of hydrogen-bond donors (Lipinski definition) is 2. The minimum Gasteiger partial charge on any atom is -0.469 e. The van der Waals surface area contributed by atoms with Gasteiger partial charge in [0.15, 0.2) is 5.78 Å². The Hall–Kier alpha value is -4.32. The van der Waals surface area contributed by atoms with Gasteiger partial charge >= 0.3 is 12.0 Å². The summed E-state index contributed by atoms with van der Waals surface area (Å²) in [6.45, 7) is -0.428. The van der Waals surface area contributed by atoms with Crippen LogP contribution in [0.3, 0.4) is 0 Å². The normalized spacial score (nSPS) is 23.1. The molecule has 4 amide bonds. The number of hydrogen-bond acceptors (Lipinski definition) is 7. The molecule has 1 saturated carbocycles. The number of esters is 1. The molecular weight excluding hydrogens is 547 g/mol. The van der Waals surface area contributed by atoms with Gasteiger partial charge in [0.25, 0.3) is 5.91 Å². The van der Waals surface area contributed by atoms with Crippen molar-refractivity contribution in [3.63, 3.8) is 0 Å². The number of nitrogens with zero attached hydrogens (tertiary/aromatic N) is 2. The summed E-state index contributed by atoms with van der Waals surface area (Å²) in [5, 5.41) is 5.10. The van der Waals surface area contributed by atoms with E-state index in [0.29, 0.717) is 48.1 Å². The number of amides is 4. The zero-order chi connectivity index (χ0) is 30.0. The number of anilines is 1. The third kappa shape index (κ3) is 5.46. The number of benzene rings is 2. The van der Waals surface area contributed by atoms with E-state index in [1.165, 1.54) is 31.2 Å². The molecule has 0 aromatic heterocycles. The van der Waals surface area contributed by atoms with Gasteiger partial charge in [-0.15, -0.1) is 0 Å². The van der Waals surface area contributed by atoms with Gasteiger partial charge in [0, 0.05) is 37.3 Å². The summed E-state index contributed by atoms with van der Waals surface area (Å²) in [4.78, 5) is 67.7. The highest BCUT2D eigenvalue weighted by molar-refractivity contribution is 6.15. The SMILES string of the molecule is CNC(=O)Nc1ccc2c(c1)CC(=O)[C@]21OCN(CC(=O)N(Cc2ccc(F)cc2)[C@H]2CCC[C@@H](C(=O)OC)C2)C1=O. The fraction of sp³-hybridized carbons (Fsp3) is 0.433. The van der Waals surface area contributed by atoms with Crippen molar-refractivity contribution in [2.45, 2.75) is 50.3 Å². The Balaban J connectivity index is 1.36. The number of rotatable bonds is 7. The van der Waals surface area contributed by atoms with Crippen LogP contribution in [0.2, 0.25) is 0 Å². The van der Waals surface area contributed by atoms with E-state index in [0.717, 1.165) is 0 Å². The molecule has 12 heteroatoms. The second-order valence-corrected chi connectivity index (χ2v) is 10.8. The number of methoxy groups -OCH3 is 1. The summed E-state index contributed by atoms with van der Waals surface area (Å²) in [7, 11) is 2.82. The number of halogens is 1. The predicted octanol–water partition coefficient (Wildman–Crippen LogP) is 2.47. The average Bonchev–Trinajstić information content (AvgIpc) is 3.47. The summed E-state index contributed by atoms with van der Waals surface area (Å²) in [6, 6.07) is 9.91. The molecule has 3 aliphatic rings. The Kier molecular flexibility index (Phi) is 8.26. The van der Waals surface area contributed by atoms with Crippen LogP contribution in [0.5, 0.6) is 0 Å². The van der Waals surface area contributed by atoms with E-state index in [1.54, 1.807) is 35.2 Å². The van der Waals surface area contributed by atoms with Gasteiger partial charge in [0.2, 0.25) is 11.5 Å². The Labute approximate surface area is 242 Å². The summed E-state index contributed by atoms with van der Waals surface area (Å²) >= 11 is 0. The lowest BCUT2D eigenvalue weighted by molar-refractivity contribution is -0.150. The number of carbonyl (C=O) groups excluding carboxylic acids is 5. The fourth-order valence-electron chi connectivity index (χ4n) is 6.12. The molecule has 1 saturated heterocycles. The minimum atomic E-state index is -1.84. The molecule has 2 aromatic carbocycles. The third-order valence-electron chi connectivity index (χ3n) is 8.27. The van der Waals surface area contributed by atoms with Crippen LogP contribution in [-0.2, 0) is 47.2 Å². The van der Waals surface area contributed by atoms with Crippen LogP contribution in [0.4, 0.5) is 14.9 Å². The van der Waals surface area contributed by atoms with E-state index in [4.69, 9.17) is 9.47 Å². The Morgan fingerprint density at radius 3 is 2.62 bits per heavy atom. The number of carbonyl (C=O) groups is 5. The lowest BCUT2D eigenvalue weighted by atomic mass is 9.84. The highest BCUT2D eigenvalue weighted by Crippen LogP contribution is 2.43. The molecule has 2 aromatic rings. The van der Waals surface area contributed by atoms with Gasteiger partial charge in [-0.25, -0.2) is 9.18 Å². The second kappa shape index (κ2) is 11.9. The van der Waals surface area contributed by atoms with Crippen LogP contribution in [0.1, 0.15) is 42.4 Å². The molecule has 1 spiro atoms. The van der Waals surface area contributed by atoms with Crippen LogP contribution >= 0.6 is 0 Å². The van der Waals surface area contributed by atoms with Gasteiger partial charge in [0.05, 0.1) is 13.0 Å². The van der Waals surface area contributed by atoms with Gasteiger partial charge in [0.1, 0.15) is 19.1 Å². The van der Waals surface area contributed by atoms with Gasteiger partial charge in [-0.05, 0) is 54.7 Å². The van der Waals surface area contributed by atoms with Crippen molar-refractivity contribution in [1.82, 2.24) is 15.1 Å². The minimum absolute atomic E-state index is 0.0557. The van der Waals surface area contributed by atoms with E-state index < -0.39 is 29.1 Å². The number of ether oxygens (including phenoxy) is 2. The summed E-state index contributed by atoms with van der Waals surface area (Å²) < 4.78 is 24.4. The van der Waals surface area contributed by atoms with E-state index in [-0.39, 0.29) is 50.1 Å².